The number of halogens is 1. The highest BCUT2D eigenvalue weighted by molar-refractivity contribution is 5.85. The van der Waals surface area contributed by atoms with Crippen molar-refractivity contribution in [2.24, 2.45) is 5.41 Å². The van der Waals surface area contributed by atoms with Gasteiger partial charge in [0.05, 0.1) is 5.41 Å². The van der Waals surface area contributed by atoms with Crippen molar-refractivity contribution < 1.29 is 9.90 Å². The lowest BCUT2D eigenvalue weighted by molar-refractivity contribution is -0.148. The van der Waals surface area contributed by atoms with Gasteiger partial charge in [0, 0.05) is 32.7 Å². The third kappa shape index (κ3) is 3.82. The van der Waals surface area contributed by atoms with E-state index in [1.54, 1.807) is 13.8 Å². The molecule has 1 saturated heterocycles. The highest BCUT2D eigenvalue weighted by Gasteiger charge is 2.29. The van der Waals surface area contributed by atoms with Crippen molar-refractivity contribution in [3.05, 3.63) is 0 Å². The highest BCUT2D eigenvalue weighted by Crippen LogP contribution is 2.17. The minimum Gasteiger partial charge on any atom is -0.481 e. The first-order valence-electron chi connectivity index (χ1n) is 4.69. The molecule has 1 aliphatic rings. The van der Waals surface area contributed by atoms with E-state index in [9.17, 15) is 4.79 Å². The van der Waals surface area contributed by atoms with Crippen molar-refractivity contribution in [1.29, 1.82) is 0 Å². The number of carboxylic acid groups (broad SMARTS) is 1. The summed E-state index contributed by atoms with van der Waals surface area (Å²) in [6, 6.07) is 0. The van der Waals surface area contributed by atoms with Gasteiger partial charge in [0.15, 0.2) is 0 Å². The molecule has 0 aromatic carbocycles. The summed E-state index contributed by atoms with van der Waals surface area (Å²) in [6.07, 6.45) is 0. The number of nitrogens with one attached hydrogen (secondary N) is 1. The molecule has 14 heavy (non-hydrogen) atoms. The molecule has 0 saturated carbocycles. The van der Waals surface area contributed by atoms with Gasteiger partial charge < -0.3 is 10.4 Å². The lowest BCUT2D eigenvalue weighted by atomic mass is 9.93. The van der Waals surface area contributed by atoms with Crippen molar-refractivity contribution in [2.45, 2.75) is 13.8 Å². The van der Waals surface area contributed by atoms with E-state index >= 15 is 0 Å². The zero-order chi connectivity index (χ0) is 9.90. The average molecular weight is 223 g/mol. The van der Waals surface area contributed by atoms with Crippen LogP contribution in [0.2, 0.25) is 0 Å². The Balaban J connectivity index is 0.00000169. The second kappa shape index (κ2) is 5.53. The van der Waals surface area contributed by atoms with Crippen LogP contribution in [0.4, 0.5) is 0 Å². The second-order valence-corrected chi connectivity index (χ2v) is 4.22. The quantitative estimate of drug-likeness (QED) is 0.727. The number of aliphatic carboxylic acids is 1. The Morgan fingerprint density at radius 1 is 1.43 bits per heavy atom. The molecule has 2 N–H and O–H groups in total. The van der Waals surface area contributed by atoms with Gasteiger partial charge in [0.2, 0.25) is 0 Å². The molecule has 0 atom stereocenters. The van der Waals surface area contributed by atoms with Gasteiger partial charge in [-0.2, -0.15) is 0 Å². The fourth-order valence-electron chi connectivity index (χ4n) is 1.50. The Morgan fingerprint density at radius 2 is 1.93 bits per heavy atom. The number of carboxylic acids is 1. The highest BCUT2D eigenvalue weighted by atomic mass is 35.5. The van der Waals surface area contributed by atoms with Gasteiger partial charge in [-0.15, -0.1) is 12.4 Å². The van der Waals surface area contributed by atoms with E-state index in [2.05, 4.69) is 10.2 Å². The monoisotopic (exact) mass is 222 g/mol. The molecule has 1 rings (SSSR count). The predicted octanol–water partition coefficient (Wildman–Crippen LogP) is 0.424. The zero-order valence-electron chi connectivity index (χ0n) is 8.75. The smallest absolute Gasteiger partial charge is 0.310 e. The Bertz CT molecular complexity index is 191. The van der Waals surface area contributed by atoms with E-state index in [0.717, 1.165) is 26.2 Å². The number of piperazine rings is 1. The topological polar surface area (TPSA) is 52.6 Å². The van der Waals surface area contributed by atoms with Gasteiger partial charge in [-0.25, -0.2) is 0 Å². The molecular formula is C9H19ClN2O2. The van der Waals surface area contributed by atoms with Gasteiger partial charge in [-0.1, -0.05) is 0 Å². The first kappa shape index (κ1) is 13.7. The summed E-state index contributed by atoms with van der Waals surface area (Å²) in [5.41, 5.74) is -0.628. The third-order valence-corrected chi connectivity index (χ3v) is 2.41. The summed E-state index contributed by atoms with van der Waals surface area (Å²) in [6.45, 7) is 8.04. The van der Waals surface area contributed by atoms with E-state index in [1.165, 1.54) is 0 Å². The molecule has 0 radical (unpaired) electrons. The molecule has 0 bridgehead atoms. The van der Waals surface area contributed by atoms with Gasteiger partial charge in [0.1, 0.15) is 0 Å². The van der Waals surface area contributed by atoms with Crippen molar-refractivity contribution in [2.75, 3.05) is 32.7 Å². The Morgan fingerprint density at radius 3 is 2.36 bits per heavy atom. The number of hydrogen-bond acceptors (Lipinski definition) is 3. The molecule has 1 heterocycles. The number of rotatable bonds is 3. The van der Waals surface area contributed by atoms with Crippen molar-refractivity contribution in [3.63, 3.8) is 0 Å². The molecule has 4 nitrogen and oxygen atoms in total. The fourth-order valence-corrected chi connectivity index (χ4v) is 1.50. The first-order chi connectivity index (χ1) is 6.02. The second-order valence-electron chi connectivity index (χ2n) is 4.22. The molecule has 0 unspecified atom stereocenters. The Labute approximate surface area is 91.1 Å². The Hall–Kier alpha value is -0.320. The van der Waals surface area contributed by atoms with Crippen LogP contribution < -0.4 is 5.32 Å². The zero-order valence-corrected chi connectivity index (χ0v) is 9.56. The molecule has 5 heteroatoms. The van der Waals surface area contributed by atoms with Crippen LogP contribution in [0.25, 0.3) is 0 Å². The maximum Gasteiger partial charge on any atom is 0.310 e. The standard InChI is InChI=1S/C9H18N2O2.ClH/c1-9(2,8(12)13)7-11-5-3-10-4-6-11;/h10H,3-7H2,1-2H3,(H,12,13);1H. The van der Waals surface area contributed by atoms with Crippen molar-refractivity contribution in [1.82, 2.24) is 10.2 Å². The number of hydrogen-bond donors (Lipinski definition) is 2. The van der Waals surface area contributed by atoms with E-state index in [4.69, 9.17) is 5.11 Å². The fraction of sp³-hybridized carbons (Fsp3) is 0.889. The predicted molar refractivity (Wildman–Crippen MR) is 58.0 cm³/mol. The van der Waals surface area contributed by atoms with Gasteiger partial charge in [-0.05, 0) is 13.8 Å². The third-order valence-electron chi connectivity index (χ3n) is 2.41. The molecule has 0 spiro atoms. The minimum absolute atomic E-state index is 0. The lowest BCUT2D eigenvalue weighted by Gasteiger charge is -2.32. The molecule has 0 aliphatic carbocycles. The number of carbonyl (C=O) groups is 1. The minimum atomic E-state index is -0.717. The van der Waals surface area contributed by atoms with Crippen molar-refractivity contribution >= 4 is 18.4 Å². The van der Waals surface area contributed by atoms with E-state index in [1.807, 2.05) is 0 Å². The summed E-state index contributed by atoms with van der Waals surface area (Å²) in [5, 5.41) is 12.2. The normalized spacial score (nSPS) is 18.7. The van der Waals surface area contributed by atoms with Crippen LogP contribution >= 0.6 is 12.4 Å². The number of nitrogens with zero attached hydrogens (tertiary/aromatic N) is 1. The van der Waals surface area contributed by atoms with E-state index < -0.39 is 11.4 Å². The average Bonchev–Trinajstić information content (AvgIpc) is 2.05. The largest absolute Gasteiger partial charge is 0.481 e. The molecule has 0 aromatic rings. The Kier molecular flexibility index (Phi) is 5.41. The first-order valence-corrected chi connectivity index (χ1v) is 4.69. The summed E-state index contributed by atoms with van der Waals surface area (Å²) < 4.78 is 0. The van der Waals surface area contributed by atoms with E-state index in [0.29, 0.717) is 6.54 Å². The van der Waals surface area contributed by atoms with Crippen LogP contribution in [-0.2, 0) is 4.79 Å². The van der Waals surface area contributed by atoms with E-state index in [-0.39, 0.29) is 12.4 Å². The maximum atomic E-state index is 10.9. The van der Waals surface area contributed by atoms with Gasteiger partial charge in [-0.3, -0.25) is 9.69 Å². The summed E-state index contributed by atoms with van der Waals surface area (Å²) in [5.74, 6) is -0.717. The summed E-state index contributed by atoms with van der Waals surface area (Å²) in [4.78, 5) is 13.1. The maximum absolute atomic E-state index is 10.9. The van der Waals surface area contributed by atoms with Crippen LogP contribution in [0, 0.1) is 5.41 Å². The lowest BCUT2D eigenvalue weighted by Crippen LogP contribution is -2.48. The van der Waals surface area contributed by atoms with Crippen molar-refractivity contribution in [3.8, 4) is 0 Å². The molecule has 1 fully saturated rings. The molecule has 0 aromatic heterocycles. The molecular weight excluding hydrogens is 204 g/mol. The van der Waals surface area contributed by atoms with Crippen LogP contribution in [0.15, 0.2) is 0 Å². The van der Waals surface area contributed by atoms with Crippen LogP contribution in [0.1, 0.15) is 13.8 Å². The SMILES string of the molecule is CC(C)(CN1CCNCC1)C(=O)O.Cl. The van der Waals surface area contributed by atoms with Gasteiger partial charge in [0.25, 0.3) is 0 Å². The molecule has 84 valence electrons. The van der Waals surface area contributed by atoms with Gasteiger partial charge >= 0.3 is 5.97 Å². The van der Waals surface area contributed by atoms with Crippen LogP contribution in [0.5, 0.6) is 0 Å². The van der Waals surface area contributed by atoms with Crippen LogP contribution in [0.3, 0.4) is 0 Å². The molecule has 1 aliphatic heterocycles. The van der Waals surface area contributed by atoms with Crippen LogP contribution in [-0.4, -0.2) is 48.7 Å². The molecule has 0 amide bonds. The summed E-state index contributed by atoms with van der Waals surface area (Å²) in [7, 11) is 0. The summed E-state index contributed by atoms with van der Waals surface area (Å²) >= 11 is 0.